The summed E-state index contributed by atoms with van der Waals surface area (Å²) in [5.41, 5.74) is 1.48. The molecule has 4 N–H and O–H groups in total. The number of hydrogen-bond acceptors (Lipinski definition) is 11. The molecule has 0 radical (unpaired) electrons. The first-order valence-electron chi connectivity index (χ1n) is 14.2. The van der Waals surface area contributed by atoms with E-state index in [4.69, 9.17) is 0 Å². The van der Waals surface area contributed by atoms with Crippen LogP contribution in [0.25, 0.3) is 0 Å². The predicted molar refractivity (Wildman–Crippen MR) is 177 cm³/mol. The molecule has 2 heterocycles. The topological polar surface area (TPSA) is 150 Å². The molecule has 13 heteroatoms. The van der Waals surface area contributed by atoms with Gasteiger partial charge in [-0.05, 0) is 22.6 Å². The van der Waals surface area contributed by atoms with Crippen LogP contribution in [0.2, 0.25) is 0 Å². The normalized spacial score (nSPS) is 11.7. The fourth-order valence-electron chi connectivity index (χ4n) is 3.67. The molecule has 2 amide bonds. The molecule has 4 aromatic rings. The number of anilines is 2. The van der Waals surface area contributed by atoms with E-state index >= 15 is 0 Å². The zero-order valence-electron chi connectivity index (χ0n) is 24.9. The number of aromatic nitrogens is 4. The highest BCUT2D eigenvalue weighted by molar-refractivity contribution is 7.99. The average Bonchev–Trinajstić information content (AvgIpc) is 3.70. The minimum atomic E-state index is -0.664. The third kappa shape index (κ3) is 11.8. The maximum Gasteiger partial charge on any atom is 0.236 e. The van der Waals surface area contributed by atoms with Crippen molar-refractivity contribution >= 4 is 56.5 Å². The lowest BCUT2D eigenvalue weighted by Crippen LogP contribution is -2.23. The van der Waals surface area contributed by atoms with Gasteiger partial charge < -0.3 is 10.2 Å². The van der Waals surface area contributed by atoms with Gasteiger partial charge in [0.25, 0.3) is 0 Å². The van der Waals surface area contributed by atoms with Gasteiger partial charge in [-0.15, -0.1) is 20.4 Å². The lowest BCUT2D eigenvalue weighted by molar-refractivity contribution is -0.119. The van der Waals surface area contributed by atoms with Gasteiger partial charge in [-0.1, -0.05) is 111 Å². The first kappa shape index (κ1) is 36.0. The van der Waals surface area contributed by atoms with E-state index in [0.29, 0.717) is 23.1 Å². The third-order valence-electron chi connectivity index (χ3n) is 5.72. The number of nitrogens with one attached hydrogen (secondary N) is 2. The fraction of sp³-hybridized carbons (Fsp3) is 0.400. The molecule has 0 spiro atoms. The number of amides is 2. The van der Waals surface area contributed by atoms with Crippen molar-refractivity contribution in [2.24, 2.45) is 0 Å². The van der Waals surface area contributed by atoms with Crippen LogP contribution in [0.3, 0.4) is 0 Å². The van der Waals surface area contributed by atoms with Gasteiger partial charge in [-0.2, -0.15) is 11.8 Å². The van der Waals surface area contributed by atoms with Crippen LogP contribution in [0.5, 0.6) is 0 Å². The first-order chi connectivity index (χ1) is 21.1. The Labute approximate surface area is 265 Å². The number of carbonyl (C=O) groups is 2. The van der Waals surface area contributed by atoms with Crippen LogP contribution in [-0.4, -0.2) is 67.1 Å². The molecular formula is C30H40N6O4S3. The Bertz CT molecular complexity index is 1240. The summed E-state index contributed by atoms with van der Waals surface area (Å²) in [4.78, 5) is 25.2. The largest absolute Gasteiger partial charge is 0.395 e. The smallest absolute Gasteiger partial charge is 0.236 e. The van der Waals surface area contributed by atoms with Crippen LogP contribution in [0.4, 0.5) is 10.3 Å². The van der Waals surface area contributed by atoms with Gasteiger partial charge in [0.1, 0.15) is 10.0 Å². The highest BCUT2D eigenvalue weighted by Crippen LogP contribution is 2.23. The SMILES string of the molecule is CC.CC.O=C(Nc1nnc(CCSCCc2nnc(NC(=O)C(CO)c3ccccc3)s2)s1)C(CO)c1ccccc1. The van der Waals surface area contributed by atoms with Gasteiger partial charge >= 0.3 is 0 Å². The highest BCUT2D eigenvalue weighted by atomic mass is 32.2. The van der Waals surface area contributed by atoms with E-state index in [-0.39, 0.29) is 25.0 Å². The molecule has 43 heavy (non-hydrogen) atoms. The van der Waals surface area contributed by atoms with Gasteiger partial charge in [-0.25, -0.2) is 0 Å². The number of rotatable bonds is 14. The molecule has 2 aromatic heterocycles. The van der Waals surface area contributed by atoms with Gasteiger partial charge in [0.2, 0.25) is 22.1 Å². The first-order valence-corrected chi connectivity index (χ1v) is 17.0. The summed E-state index contributed by atoms with van der Waals surface area (Å²) in [6.07, 6.45) is 1.42. The van der Waals surface area contributed by atoms with E-state index in [9.17, 15) is 19.8 Å². The van der Waals surface area contributed by atoms with Crippen LogP contribution in [0.1, 0.15) is 60.7 Å². The number of nitrogens with zero attached hydrogens (tertiary/aromatic N) is 4. The Hall–Kier alpha value is -3.23. The van der Waals surface area contributed by atoms with Crippen LogP contribution >= 0.6 is 34.4 Å². The number of aliphatic hydroxyl groups excluding tert-OH is 2. The van der Waals surface area contributed by atoms with Crippen LogP contribution in [-0.2, 0) is 22.4 Å². The summed E-state index contributed by atoms with van der Waals surface area (Å²) in [5.74, 6) is -0.320. The van der Waals surface area contributed by atoms with Crippen molar-refractivity contribution in [3.05, 3.63) is 81.8 Å². The maximum atomic E-state index is 12.6. The molecule has 0 aliphatic carbocycles. The molecule has 232 valence electrons. The fourth-order valence-corrected chi connectivity index (χ4v) is 6.29. The summed E-state index contributed by atoms with van der Waals surface area (Å²) in [6.45, 7) is 7.41. The molecule has 0 saturated carbocycles. The second-order valence-corrected chi connectivity index (χ2v) is 11.7. The van der Waals surface area contributed by atoms with E-state index in [0.717, 1.165) is 32.6 Å². The van der Waals surface area contributed by atoms with Crippen molar-refractivity contribution in [3.63, 3.8) is 0 Å². The molecule has 4 rings (SSSR count). The molecule has 2 unspecified atom stereocenters. The number of aryl methyl sites for hydroxylation is 2. The average molecular weight is 645 g/mol. The van der Waals surface area contributed by atoms with Gasteiger partial charge in [0, 0.05) is 12.8 Å². The second-order valence-electron chi connectivity index (χ2n) is 8.38. The molecular weight excluding hydrogens is 605 g/mol. The van der Waals surface area contributed by atoms with Gasteiger partial charge in [0.15, 0.2) is 0 Å². The van der Waals surface area contributed by atoms with Crippen LogP contribution < -0.4 is 10.6 Å². The number of carbonyl (C=O) groups excluding carboxylic acids is 2. The quantitative estimate of drug-likeness (QED) is 0.133. The van der Waals surface area contributed by atoms with Crippen molar-refractivity contribution in [2.75, 3.05) is 35.4 Å². The van der Waals surface area contributed by atoms with Crippen molar-refractivity contribution in [2.45, 2.75) is 52.4 Å². The number of benzene rings is 2. The lowest BCUT2D eigenvalue weighted by atomic mass is 9.99. The Kier molecular flexibility index (Phi) is 17.3. The zero-order valence-corrected chi connectivity index (χ0v) is 27.3. The van der Waals surface area contributed by atoms with E-state index in [1.54, 1.807) is 36.0 Å². The Morgan fingerprint density at radius 3 is 1.40 bits per heavy atom. The molecule has 0 bridgehead atoms. The van der Waals surface area contributed by atoms with Gasteiger partial charge in [0.05, 0.1) is 25.0 Å². The zero-order chi connectivity index (χ0) is 31.5. The molecule has 0 aliphatic heterocycles. The highest BCUT2D eigenvalue weighted by Gasteiger charge is 2.22. The van der Waals surface area contributed by atoms with Crippen LogP contribution in [0.15, 0.2) is 60.7 Å². The predicted octanol–water partition coefficient (Wildman–Crippen LogP) is 5.39. The van der Waals surface area contributed by atoms with E-state index in [1.165, 1.54) is 22.7 Å². The van der Waals surface area contributed by atoms with Crippen molar-refractivity contribution in [1.82, 2.24) is 20.4 Å². The summed E-state index contributed by atoms with van der Waals surface area (Å²) in [6, 6.07) is 18.3. The molecule has 2 atom stereocenters. The third-order valence-corrected chi connectivity index (χ3v) is 8.50. The Balaban J connectivity index is 0.00000155. The molecule has 0 fully saturated rings. The van der Waals surface area contributed by atoms with E-state index in [1.807, 2.05) is 64.1 Å². The standard InChI is InChI=1S/C26H28N6O4S3.2C2H6/c33-15-19(17-7-3-1-4-8-17)23(35)27-25-31-29-21(38-25)11-13-37-14-12-22-30-32-26(39-22)28-24(36)20(16-34)18-9-5-2-6-10-18;2*1-2/h1-10,19-20,33-34H,11-16H2,(H,27,31,35)(H,28,32,36);2*1-2H3. The van der Waals surface area contributed by atoms with Gasteiger partial charge in [-0.3, -0.25) is 20.2 Å². The van der Waals surface area contributed by atoms with Crippen molar-refractivity contribution < 1.29 is 19.8 Å². The Morgan fingerprint density at radius 2 is 1.05 bits per heavy atom. The van der Waals surface area contributed by atoms with Crippen molar-refractivity contribution in [1.29, 1.82) is 0 Å². The minimum absolute atomic E-state index is 0.294. The summed E-state index contributed by atoms with van der Waals surface area (Å²) in [5, 5.41) is 43.7. The number of hydrogen-bond donors (Lipinski definition) is 4. The van der Waals surface area contributed by atoms with Crippen molar-refractivity contribution in [3.8, 4) is 0 Å². The molecule has 0 aliphatic rings. The summed E-state index contributed by atoms with van der Waals surface area (Å²) in [7, 11) is 0. The second kappa shape index (κ2) is 20.6. The number of thioether (sulfide) groups is 1. The molecule has 2 aromatic carbocycles. The molecule has 10 nitrogen and oxygen atoms in total. The Morgan fingerprint density at radius 1 is 0.674 bits per heavy atom. The van der Waals surface area contributed by atoms with E-state index in [2.05, 4.69) is 31.0 Å². The maximum absolute atomic E-state index is 12.6. The molecule has 0 saturated heterocycles. The summed E-state index contributed by atoms with van der Waals surface area (Å²) >= 11 is 4.38. The van der Waals surface area contributed by atoms with Crippen LogP contribution in [0, 0.1) is 0 Å². The number of aliphatic hydroxyl groups is 2. The lowest BCUT2D eigenvalue weighted by Gasteiger charge is -2.13. The minimum Gasteiger partial charge on any atom is -0.395 e. The summed E-state index contributed by atoms with van der Waals surface area (Å²) < 4.78 is 0. The monoisotopic (exact) mass is 644 g/mol. The van der Waals surface area contributed by atoms with E-state index < -0.39 is 11.8 Å².